The number of thiophene rings is 1. The maximum Gasteiger partial charge on any atom is 0.144 e. The second-order valence-corrected chi connectivity index (χ2v) is 4.84. The highest BCUT2D eigenvalue weighted by Crippen LogP contribution is 2.09. The number of carbonyl (C=O) groups excluding carboxylic acids is 1. The summed E-state index contributed by atoms with van der Waals surface area (Å²) in [6.07, 6.45) is 5.72. The van der Waals surface area contributed by atoms with Crippen molar-refractivity contribution in [1.82, 2.24) is 9.55 Å². The number of hydrogen-bond donors (Lipinski definition) is 0. The maximum absolute atomic E-state index is 11.9. The van der Waals surface area contributed by atoms with Gasteiger partial charge >= 0.3 is 0 Å². The number of aromatic nitrogens is 2. The number of imidazole rings is 1. The molecule has 0 aliphatic rings. The van der Waals surface area contributed by atoms with Crippen LogP contribution in [0.3, 0.4) is 0 Å². The van der Waals surface area contributed by atoms with Crippen LogP contribution in [-0.2, 0) is 24.2 Å². The number of Topliss-reactive ketones (excluding diaryl/α,β-unsaturated/α-hetero) is 1. The molecule has 0 atom stereocenters. The summed E-state index contributed by atoms with van der Waals surface area (Å²) < 4.78 is 2.06. The van der Waals surface area contributed by atoms with E-state index < -0.39 is 0 Å². The van der Waals surface area contributed by atoms with Crippen molar-refractivity contribution in [3.8, 4) is 0 Å². The van der Waals surface area contributed by atoms with Gasteiger partial charge in [-0.05, 0) is 28.8 Å². The quantitative estimate of drug-likeness (QED) is 0.788. The molecule has 3 nitrogen and oxygen atoms in total. The van der Waals surface area contributed by atoms with Gasteiger partial charge in [0.15, 0.2) is 0 Å². The molecule has 0 amide bonds. The largest absolute Gasteiger partial charge is 0.335 e. The fourth-order valence-corrected chi connectivity index (χ4v) is 2.48. The van der Waals surface area contributed by atoms with Crippen LogP contribution in [0, 0.1) is 0 Å². The van der Waals surface area contributed by atoms with Gasteiger partial charge in [0.25, 0.3) is 0 Å². The molecule has 0 N–H and O–H groups in total. The van der Waals surface area contributed by atoms with Gasteiger partial charge in [-0.2, -0.15) is 11.3 Å². The van der Waals surface area contributed by atoms with Crippen LogP contribution in [-0.4, -0.2) is 15.3 Å². The Bertz CT molecular complexity index is 473. The third kappa shape index (κ3) is 3.27. The van der Waals surface area contributed by atoms with Crippen LogP contribution in [0.5, 0.6) is 0 Å². The van der Waals surface area contributed by atoms with Gasteiger partial charge in [0, 0.05) is 25.4 Å². The first-order valence-electron chi connectivity index (χ1n) is 5.82. The van der Waals surface area contributed by atoms with Gasteiger partial charge in [0.2, 0.25) is 0 Å². The lowest BCUT2D eigenvalue weighted by molar-refractivity contribution is -0.117. The second-order valence-electron chi connectivity index (χ2n) is 4.06. The van der Waals surface area contributed by atoms with Crippen molar-refractivity contribution in [3.05, 3.63) is 40.6 Å². The van der Waals surface area contributed by atoms with Crippen LogP contribution in [0.4, 0.5) is 0 Å². The van der Waals surface area contributed by atoms with E-state index in [9.17, 15) is 4.79 Å². The van der Waals surface area contributed by atoms with E-state index >= 15 is 0 Å². The van der Waals surface area contributed by atoms with Crippen molar-refractivity contribution in [2.24, 2.45) is 0 Å². The first kappa shape index (κ1) is 12.0. The van der Waals surface area contributed by atoms with Gasteiger partial charge in [-0.3, -0.25) is 4.79 Å². The SMILES string of the molecule is CCCn1ccnc1CC(=O)Cc1ccsc1. The molecule has 17 heavy (non-hydrogen) atoms. The minimum Gasteiger partial charge on any atom is -0.335 e. The number of carbonyl (C=O) groups is 1. The molecule has 0 aliphatic carbocycles. The van der Waals surface area contributed by atoms with Crippen molar-refractivity contribution in [1.29, 1.82) is 0 Å². The van der Waals surface area contributed by atoms with Crippen molar-refractivity contribution < 1.29 is 4.79 Å². The summed E-state index contributed by atoms with van der Waals surface area (Å²) in [5.41, 5.74) is 1.11. The van der Waals surface area contributed by atoms with Crippen LogP contribution >= 0.6 is 11.3 Å². The minimum absolute atomic E-state index is 0.229. The van der Waals surface area contributed by atoms with E-state index in [0.717, 1.165) is 24.4 Å². The Hall–Kier alpha value is -1.42. The van der Waals surface area contributed by atoms with E-state index in [1.165, 1.54) is 0 Å². The maximum atomic E-state index is 11.9. The number of nitrogens with zero attached hydrogens (tertiary/aromatic N) is 2. The second kappa shape index (κ2) is 5.77. The average Bonchev–Trinajstić information content (AvgIpc) is 2.92. The highest BCUT2D eigenvalue weighted by atomic mass is 32.1. The Kier molecular flexibility index (Phi) is 4.09. The van der Waals surface area contributed by atoms with Crippen LogP contribution in [0.15, 0.2) is 29.2 Å². The van der Waals surface area contributed by atoms with Gasteiger partial charge in [0.1, 0.15) is 11.6 Å². The normalized spacial score (nSPS) is 10.6. The van der Waals surface area contributed by atoms with Crippen LogP contribution < -0.4 is 0 Å². The number of ketones is 1. The molecule has 2 aromatic rings. The molecule has 2 heterocycles. The molecule has 0 aromatic carbocycles. The molecule has 0 aliphatic heterocycles. The molecule has 4 heteroatoms. The fraction of sp³-hybridized carbons (Fsp3) is 0.385. The average molecular weight is 248 g/mol. The van der Waals surface area contributed by atoms with E-state index in [1.807, 2.05) is 23.0 Å². The number of hydrogen-bond acceptors (Lipinski definition) is 3. The summed E-state index contributed by atoms with van der Waals surface area (Å²) in [5, 5.41) is 4.02. The molecular weight excluding hydrogens is 232 g/mol. The molecule has 0 spiro atoms. The molecule has 0 radical (unpaired) electrons. The lowest BCUT2D eigenvalue weighted by atomic mass is 10.1. The Labute approximate surface area is 105 Å². The third-order valence-corrected chi connectivity index (χ3v) is 3.33. The van der Waals surface area contributed by atoms with Crippen molar-refractivity contribution in [3.63, 3.8) is 0 Å². The number of rotatable bonds is 6. The lowest BCUT2D eigenvalue weighted by Gasteiger charge is -2.05. The molecule has 0 fully saturated rings. The zero-order valence-corrected chi connectivity index (χ0v) is 10.7. The zero-order valence-electron chi connectivity index (χ0n) is 9.93. The molecule has 0 unspecified atom stereocenters. The Balaban J connectivity index is 1.95. The van der Waals surface area contributed by atoms with E-state index in [2.05, 4.69) is 16.5 Å². The lowest BCUT2D eigenvalue weighted by Crippen LogP contribution is -2.11. The van der Waals surface area contributed by atoms with Gasteiger partial charge in [-0.15, -0.1) is 0 Å². The summed E-state index contributed by atoms with van der Waals surface area (Å²) in [6.45, 7) is 3.05. The highest BCUT2D eigenvalue weighted by molar-refractivity contribution is 7.07. The predicted octanol–water partition coefficient (Wildman–Crippen LogP) is 2.71. The van der Waals surface area contributed by atoms with Crippen molar-refractivity contribution in [2.45, 2.75) is 32.7 Å². The zero-order chi connectivity index (χ0) is 12.1. The molecule has 2 aromatic heterocycles. The third-order valence-electron chi connectivity index (χ3n) is 2.60. The first-order valence-corrected chi connectivity index (χ1v) is 6.76. The summed E-state index contributed by atoms with van der Waals surface area (Å²) in [5.74, 6) is 1.11. The van der Waals surface area contributed by atoms with Crippen LogP contribution in [0.25, 0.3) is 0 Å². The molecule has 0 saturated heterocycles. The molecular formula is C13H16N2OS. The van der Waals surface area contributed by atoms with E-state index in [1.54, 1.807) is 17.5 Å². The van der Waals surface area contributed by atoms with Gasteiger partial charge in [-0.25, -0.2) is 4.98 Å². The topological polar surface area (TPSA) is 34.9 Å². The van der Waals surface area contributed by atoms with Crippen molar-refractivity contribution >= 4 is 17.1 Å². The summed E-state index contributed by atoms with van der Waals surface area (Å²) in [6, 6.07) is 2.00. The van der Waals surface area contributed by atoms with Gasteiger partial charge in [0.05, 0.1) is 6.42 Å². The first-order chi connectivity index (χ1) is 8.29. The number of aryl methyl sites for hydroxylation is 1. The highest BCUT2D eigenvalue weighted by Gasteiger charge is 2.09. The van der Waals surface area contributed by atoms with Gasteiger partial charge in [-0.1, -0.05) is 6.92 Å². The monoisotopic (exact) mass is 248 g/mol. The smallest absolute Gasteiger partial charge is 0.144 e. The fourth-order valence-electron chi connectivity index (χ4n) is 1.81. The Morgan fingerprint density at radius 2 is 2.35 bits per heavy atom. The molecule has 90 valence electrons. The van der Waals surface area contributed by atoms with E-state index in [4.69, 9.17) is 0 Å². The van der Waals surface area contributed by atoms with Crippen LogP contribution in [0.1, 0.15) is 24.7 Å². The Morgan fingerprint density at radius 1 is 1.47 bits per heavy atom. The van der Waals surface area contributed by atoms with Crippen molar-refractivity contribution in [2.75, 3.05) is 0 Å². The molecule has 0 saturated carbocycles. The summed E-state index contributed by atoms with van der Waals surface area (Å²) in [4.78, 5) is 16.1. The minimum atomic E-state index is 0.229. The summed E-state index contributed by atoms with van der Waals surface area (Å²) in [7, 11) is 0. The summed E-state index contributed by atoms with van der Waals surface area (Å²) >= 11 is 1.63. The van der Waals surface area contributed by atoms with E-state index in [0.29, 0.717) is 12.8 Å². The molecule has 2 rings (SSSR count). The van der Waals surface area contributed by atoms with Gasteiger partial charge < -0.3 is 4.57 Å². The standard InChI is InChI=1S/C13H16N2OS/c1-2-5-15-6-4-14-13(15)9-12(16)8-11-3-7-17-10-11/h3-4,6-7,10H,2,5,8-9H2,1H3. The Morgan fingerprint density at radius 3 is 3.06 bits per heavy atom. The van der Waals surface area contributed by atoms with Crippen LogP contribution in [0.2, 0.25) is 0 Å². The van der Waals surface area contributed by atoms with E-state index in [-0.39, 0.29) is 5.78 Å². The predicted molar refractivity (Wildman–Crippen MR) is 69.3 cm³/mol. The molecule has 0 bridgehead atoms.